The maximum atomic E-state index is 12.4. The molecule has 0 radical (unpaired) electrons. The summed E-state index contributed by atoms with van der Waals surface area (Å²) in [6.07, 6.45) is 1.85. The van der Waals surface area contributed by atoms with Crippen molar-refractivity contribution in [3.63, 3.8) is 0 Å². The van der Waals surface area contributed by atoms with Gasteiger partial charge in [-0.25, -0.2) is 9.78 Å². The van der Waals surface area contributed by atoms with Crippen molar-refractivity contribution in [3.8, 4) is 0 Å². The number of hydrogen-bond donors (Lipinski definition) is 1. The molecule has 10 heteroatoms. The van der Waals surface area contributed by atoms with Crippen molar-refractivity contribution in [1.29, 1.82) is 0 Å². The van der Waals surface area contributed by atoms with Crippen LogP contribution in [0.2, 0.25) is 10.0 Å². The lowest BCUT2D eigenvalue weighted by molar-refractivity contribution is -0.121. The maximum absolute atomic E-state index is 12.4. The van der Waals surface area contributed by atoms with Crippen LogP contribution in [0, 0.1) is 0 Å². The number of imidazole rings is 1. The molecule has 0 atom stereocenters. The zero-order valence-corrected chi connectivity index (χ0v) is 16.2. The highest BCUT2D eigenvalue weighted by atomic mass is 35.5. The third-order valence-corrected chi connectivity index (χ3v) is 5.00. The third kappa shape index (κ3) is 3.63. The first-order valence-corrected chi connectivity index (χ1v) is 8.87. The van der Waals surface area contributed by atoms with Crippen molar-refractivity contribution in [3.05, 3.63) is 61.0 Å². The fraction of sp³-hybridized carbons (Fsp3) is 0.294. The number of hydrogen-bond acceptors (Lipinski definition) is 4. The Balaban J connectivity index is 1.74. The van der Waals surface area contributed by atoms with E-state index < -0.39 is 11.2 Å². The summed E-state index contributed by atoms with van der Waals surface area (Å²) in [4.78, 5) is 40.7. The predicted octanol–water partition coefficient (Wildman–Crippen LogP) is 1.10. The van der Waals surface area contributed by atoms with Gasteiger partial charge in [0.25, 0.3) is 5.56 Å². The Morgan fingerprint density at radius 3 is 2.48 bits per heavy atom. The van der Waals surface area contributed by atoms with Crippen molar-refractivity contribution in [2.75, 3.05) is 6.54 Å². The second kappa shape index (κ2) is 7.58. The molecule has 8 nitrogen and oxygen atoms in total. The van der Waals surface area contributed by atoms with Crippen LogP contribution >= 0.6 is 23.2 Å². The quantitative estimate of drug-likeness (QED) is 0.682. The second-order valence-electron chi connectivity index (χ2n) is 6.05. The number of benzene rings is 1. The van der Waals surface area contributed by atoms with Crippen LogP contribution in [-0.4, -0.2) is 31.1 Å². The minimum atomic E-state index is -0.499. The number of fused-ring (bicyclic) bond motifs is 1. The van der Waals surface area contributed by atoms with Gasteiger partial charge in [-0.15, -0.1) is 0 Å². The molecule has 1 amide bonds. The standard InChI is InChI=1S/C17H17Cl2N5O3/c1-22-15-14(16(26)23(2)17(22)27)24(9-21-15)8-13(25)20-7-6-10-11(18)4-3-5-12(10)19/h3-5,9H,6-8H2,1-2H3,(H,20,25). The lowest BCUT2D eigenvalue weighted by atomic mass is 10.1. The fourth-order valence-electron chi connectivity index (χ4n) is 2.83. The SMILES string of the molecule is Cn1c(=O)c2c(ncn2CC(=O)NCCc2c(Cl)cccc2Cl)n(C)c1=O. The lowest BCUT2D eigenvalue weighted by Crippen LogP contribution is -2.38. The summed E-state index contributed by atoms with van der Waals surface area (Å²) in [6, 6.07) is 5.23. The van der Waals surface area contributed by atoms with E-state index in [1.54, 1.807) is 18.2 Å². The normalized spacial score (nSPS) is 11.1. The molecule has 0 aliphatic heterocycles. The van der Waals surface area contributed by atoms with Crippen molar-refractivity contribution in [1.82, 2.24) is 24.0 Å². The van der Waals surface area contributed by atoms with Gasteiger partial charge in [-0.2, -0.15) is 0 Å². The van der Waals surface area contributed by atoms with Gasteiger partial charge in [-0.1, -0.05) is 29.3 Å². The number of nitrogens with zero attached hydrogens (tertiary/aromatic N) is 4. The molecular weight excluding hydrogens is 393 g/mol. The molecule has 2 heterocycles. The molecule has 3 aromatic rings. The van der Waals surface area contributed by atoms with Gasteiger partial charge >= 0.3 is 5.69 Å². The van der Waals surface area contributed by atoms with Gasteiger partial charge in [0.2, 0.25) is 5.91 Å². The lowest BCUT2D eigenvalue weighted by Gasteiger charge is -2.09. The van der Waals surface area contributed by atoms with Crippen LogP contribution in [0.5, 0.6) is 0 Å². The number of amides is 1. The highest BCUT2D eigenvalue weighted by molar-refractivity contribution is 6.36. The molecule has 3 rings (SSSR count). The average Bonchev–Trinajstić information content (AvgIpc) is 3.04. The van der Waals surface area contributed by atoms with Gasteiger partial charge < -0.3 is 9.88 Å². The first-order valence-electron chi connectivity index (χ1n) is 8.11. The monoisotopic (exact) mass is 409 g/mol. The molecule has 0 unspecified atom stereocenters. The highest BCUT2D eigenvalue weighted by Gasteiger charge is 2.16. The Morgan fingerprint density at radius 1 is 1.15 bits per heavy atom. The van der Waals surface area contributed by atoms with E-state index in [0.717, 1.165) is 10.1 Å². The zero-order chi connectivity index (χ0) is 19.7. The Bertz CT molecular complexity index is 1130. The summed E-state index contributed by atoms with van der Waals surface area (Å²) < 4.78 is 3.68. The van der Waals surface area contributed by atoms with Gasteiger partial charge in [0.15, 0.2) is 11.2 Å². The fourth-order valence-corrected chi connectivity index (χ4v) is 3.41. The summed E-state index contributed by atoms with van der Waals surface area (Å²) in [5.74, 6) is -0.298. The van der Waals surface area contributed by atoms with Crippen LogP contribution < -0.4 is 16.6 Å². The van der Waals surface area contributed by atoms with Crippen LogP contribution in [0.15, 0.2) is 34.1 Å². The van der Waals surface area contributed by atoms with Crippen LogP contribution in [0.1, 0.15) is 5.56 Å². The van der Waals surface area contributed by atoms with E-state index in [0.29, 0.717) is 23.0 Å². The van der Waals surface area contributed by atoms with Crippen molar-refractivity contribution < 1.29 is 4.79 Å². The Hall–Kier alpha value is -2.58. The van der Waals surface area contributed by atoms with E-state index >= 15 is 0 Å². The Morgan fingerprint density at radius 2 is 1.81 bits per heavy atom. The van der Waals surface area contributed by atoms with Crippen molar-refractivity contribution >= 4 is 40.3 Å². The minimum absolute atomic E-state index is 0.0970. The van der Waals surface area contributed by atoms with Crippen LogP contribution in [0.25, 0.3) is 11.2 Å². The Kier molecular flexibility index (Phi) is 5.38. The first kappa shape index (κ1) is 19.2. The molecule has 1 aromatic carbocycles. The number of carbonyl (C=O) groups excluding carboxylic acids is 1. The largest absolute Gasteiger partial charge is 0.354 e. The molecule has 0 bridgehead atoms. The third-order valence-electron chi connectivity index (χ3n) is 4.29. The average molecular weight is 410 g/mol. The van der Waals surface area contributed by atoms with Crippen molar-refractivity contribution in [2.45, 2.75) is 13.0 Å². The smallest absolute Gasteiger partial charge is 0.332 e. The molecule has 0 saturated carbocycles. The van der Waals surface area contributed by atoms with Gasteiger partial charge in [0.1, 0.15) is 6.54 Å². The first-order chi connectivity index (χ1) is 12.8. The highest BCUT2D eigenvalue weighted by Crippen LogP contribution is 2.24. The zero-order valence-electron chi connectivity index (χ0n) is 14.7. The molecule has 142 valence electrons. The van der Waals surface area contributed by atoms with Gasteiger partial charge in [-0.3, -0.25) is 18.7 Å². The van der Waals surface area contributed by atoms with Crippen LogP contribution in [0.3, 0.4) is 0 Å². The predicted molar refractivity (Wildman–Crippen MR) is 103 cm³/mol. The summed E-state index contributed by atoms with van der Waals surface area (Å²) in [7, 11) is 2.91. The molecule has 2 aromatic heterocycles. The van der Waals surface area contributed by atoms with E-state index in [-0.39, 0.29) is 23.6 Å². The van der Waals surface area contributed by atoms with Crippen molar-refractivity contribution in [2.24, 2.45) is 14.1 Å². The molecule has 1 N–H and O–H groups in total. The van der Waals surface area contributed by atoms with Gasteiger partial charge in [-0.05, 0) is 24.1 Å². The Labute approximate surface area is 163 Å². The summed E-state index contributed by atoms with van der Waals surface area (Å²) in [6.45, 7) is 0.242. The molecule has 0 aliphatic carbocycles. The molecule has 0 saturated heterocycles. The molecule has 0 spiro atoms. The van der Waals surface area contributed by atoms with Crippen LogP contribution in [0.4, 0.5) is 0 Å². The summed E-state index contributed by atoms with van der Waals surface area (Å²) in [5, 5.41) is 3.85. The minimum Gasteiger partial charge on any atom is -0.354 e. The number of rotatable bonds is 5. The number of aryl methyl sites for hydroxylation is 1. The number of halogens is 2. The molecule has 27 heavy (non-hydrogen) atoms. The van der Waals surface area contributed by atoms with E-state index in [1.165, 1.54) is 29.6 Å². The summed E-state index contributed by atoms with van der Waals surface area (Å²) >= 11 is 12.2. The van der Waals surface area contributed by atoms with Gasteiger partial charge in [0.05, 0.1) is 6.33 Å². The van der Waals surface area contributed by atoms with Gasteiger partial charge in [0, 0.05) is 30.7 Å². The van der Waals surface area contributed by atoms with E-state index in [2.05, 4.69) is 10.3 Å². The maximum Gasteiger partial charge on any atom is 0.332 e. The summed E-state index contributed by atoms with van der Waals surface area (Å²) in [5.41, 5.74) is 0.223. The molecular formula is C17H17Cl2N5O3. The number of aromatic nitrogens is 4. The number of carbonyl (C=O) groups is 1. The molecule has 0 aliphatic rings. The molecule has 0 fully saturated rings. The van der Waals surface area contributed by atoms with E-state index in [4.69, 9.17) is 23.2 Å². The van der Waals surface area contributed by atoms with E-state index in [1.807, 2.05) is 0 Å². The topological polar surface area (TPSA) is 90.9 Å². The van der Waals surface area contributed by atoms with E-state index in [9.17, 15) is 14.4 Å². The number of nitrogens with one attached hydrogen (secondary N) is 1. The second-order valence-corrected chi connectivity index (χ2v) is 6.87. The van der Waals surface area contributed by atoms with Crippen LogP contribution in [-0.2, 0) is 31.9 Å².